The molecule has 2 aromatic rings. The molecule has 1 N–H and O–H groups in total. The van der Waals surface area contributed by atoms with Crippen molar-refractivity contribution in [2.75, 3.05) is 50.0 Å². The Kier molecular flexibility index (Phi) is 5.73. The van der Waals surface area contributed by atoms with Crippen LogP contribution >= 0.6 is 0 Å². The van der Waals surface area contributed by atoms with Crippen LogP contribution in [0.2, 0.25) is 0 Å². The zero-order valence-corrected chi connectivity index (χ0v) is 16.6. The topological polar surface area (TPSA) is 71.1 Å². The van der Waals surface area contributed by atoms with Crippen molar-refractivity contribution < 1.29 is 19.1 Å². The minimum atomic E-state index is -0.423. The molecule has 1 aliphatic heterocycles. The fraction of sp³-hybridized carbons (Fsp3) is 0.333. The maximum absolute atomic E-state index is 12.7. The van der Waals surface area contributed by atoms with Crippen LogP contribution in [0.4, 0.5) is 17.1 Å². The predicted molar refractivity (Wildman–Crippen MR) is 109 cm³/mol. The molecule has 0 unspecified atom stereocenters. The molecular formula is C21H25N3O4. The number of nitrogens with zero attached hydrogens (tertiary/aromatic N) is 2. The molecule has 1 saturated heterocycles. The molecule has 28 heavy (non-hydrogen) atoms. The van der Waals surface area contributed by atoms with E-state index < -0.39 is 5.92 Å². The van der Waals surface area contributed by atoms with Crippen LogP contribution in [0.5, 0.6) is 11.5 Å². The zero-order valence-electron chi connectivity index (χ0n) is 16.6. The van der Waals surface area contributed by atoms with Crippen LogP contribution < -0.4 is 24.6 Å². The van der Waals surface area contributed by atoms with Crippen LogP contribution in [-0.2, 0) is 9.59 Å². The summed E-state index contributed by atoms with van der Waals surface area (Å²) >= 11 is 0. The normalized spacial score (nSPS) is 16.1. The van der Waals surface area contributed by atoms with Gasteiger partial charge in [0, 0.05) is 44.5 Å². The molecular weight excluding hydrogens is 358 g/mol. The van der Waals surface area contributed by atoms with E-state index in [2.05, 4.69) is 5.32 Å². The molecule has 0 aromatic heterocycles. The maximum atomic E-state index is 12.7. The SMILES string of the molecule is COc1ccc(N2C[C@@H](C(=O)Nc3ccc(N(C)C)cc3)CC2=O)c(OC)c1. The second-order valence-corrected chi connectivity index (χ2v) is 6.87. The van der Waals surface area contributed by atoms with E-state index in [-0.39, 0.29) is 18.2 Å². The first-order valence-electron chi connectivity index (χ1n) is 9.03. The summed E-state index contributed by atoms with van der Waals surface area (Å²) in [6, 6.07) is 12.8. The summed E-state index contributed by atoms with van der Waals surface area (Å²) < 4.78 is 10.6. The number of nitrogens with one attached hydrogen (secondary N) is 1. The third-order valence-corrected chi connectivity index (χ3v) is 4.82. The van der Waals surface area contributed by atoms with Crippen molar-refractivity contribution in [3.63, 3.8) is 0 Å². The molecule has 7 heteroatoms. The van der Waals surface area contributed by atoms with Gasteiger partial charge in [-0.05, 0) is 36.4 Å². The van der Waals surface area contributed by atoms with E-state index in [1.165, 1.54) is 0 Å². The Morgan fingerprint density at radius 2 is 1.82 bits per heavy atom. The van der Waals surface area contributed by atoms with Crippen molar-refractivity contribution in [2.24, 2.45) is 5.92 Å². The van der Waals surface area contributed by atoms with Gasteiger partial charge in [-0.3, -0.25) is 9.59 Å². The maximum Gasteiger partial charge on any atom is 0.229 e. The second kappa shape index (κ2) is 8.21. The van der Waals surface area contributed by atoms with Crippen LogP contribution in [0.3, 0.4) is 0 Å². The van der Waals surface area contributed by atoms with E-state index in [9.17, 15) is 9.59 Å². The minimum absolute atomic E-state index is 0.105. The number of amides is 2. The summed E-state index contributed by atoms with van der Waals surface area (Å²) in [7, 11) is 7.03. The van der Waals surface area contributed by atoms with Gasteiger partial charge in [-0.25, -0.2) is 0 Å². The van der Waals surface area contributed by atoms with Crippen LogP contribution in [0.1, 0.15) is 6.42 Å². The first kappa shape index (κ1) is 19.5. The van der Waals surface area contributed by atoms with Crippen LogP contribution in [-0.4, -0.2) is 46.7 Å². The van der Waals surface area contributed by atoms with Gasteiger partial charge in [-0.1, -0.05) is 0 Å². The van der Waals surface area contributed by atoms with Gasteiger partial charge in [0.15, 0.2) is 0 Å². The van der Waals surface area contributed by atoms with Crippen LogP contribution in [0.15, 0.2) is 42.5 Å². The Labute approximate surface area is 164 Å². The first-order chi connectivity index (χ1) is 13.4. The van der Waals surface area contributed by atoms with Gasteiger partial charge in [-0.2, -0.15) is 0 Å². The molecule has 1 fully saturated rings. The van der Waals surface area contributed by atoms with E-state index in [1.54, 1.807) is 37.3 Å². The monoisotopic (exact) mass is 383 g/mol. The Hall–Kier alpha value is -3.22. The average molecular weight is 383 g/mol. The van der Waals surface area contributed by atoms with Gasteiger partial charge >= 0.3 is 0 Å². The molecule has 1 heterocycles. The molecule has 0 radical (unpaired) electrons. The van der Waals surface area contributed by atoms with Crippen LogP contribution in [0, 0.1) is 5.92 Å². The van der Waals surface area contributed by atoms with Crippen molar-refractivity contribution in [1.29, 1.82) is 0 Å². The van der Waals surface area contributed by atoms with Gasteiger partial charge in [0.25, 0.3) is 0 Å². The lowest BCUT2D eigenvalue weighted by Gasteiger charge is -2.20. The Morgan fingerprint density at radius 1 is 1.11 bits per heavy atom. The summed E-state index contributed by atoms with van der Waals surface area (Å²) in [4.78, 5) is 28.8. The quantitative estimate of drug-likeness (QED) is 0.831. The lowest BCUT2D eigenvalue weighted by atomic mass is 10.1. The van der Waals surface area contributed by atoms with Crippen molar-refractivity contribution in [3.05, 3.63) is 42.5 Å². The minimum Gasteiger partial charge on any atom is -0.497 e. The summed E-state index contributed by atoms with van der Waals surface area (Å²) in [5.41, 5.74) is 2.40. The number of methoxy groups -OCH3 is 2. The molecule has 7 nitrogen and oxygen atoms in total. The van der Waals surface area contributed by atoms with E-state index in [0.29, 0.717) is 29.4 Å². The number of anilines is 3. The molecule has 2 amide bonds. The van der Waals surface area contributed by atoms with Crippen molar-refractivity contribution in [3.8, 4) is 11.5 Å². The van der Waals surface area contributed by atoms with Crippen molar-refractivity contribution >= 4 is 28.9 Å². The Bertz CT molecular complexity index is 864. The molecule has 0 aliphatic carbocycles. The summed E-state index contributed by atoms with van der Waals surface area (Å²) in [5.74, 6) is 0.482. The van der Waals surface area contributed by atoms with Crippen LogP contribution in [0.25, 0.3) is 0 Å². The number of ether oxygens (including phenoxy) is 2. The van der Waals surface area contributed by atoms with E-state index in [4.69, 9.17) is 9.47 Å². The van der Waals surface area contributed by atoms with E-state index in [0.717, 1.165) is 5.69 Å². The first-order valence-corrected chi connectivity index (χ1v) is 9.03. The van der Waals surface area contributed by atoms with Gasteiger partial charge in [0.05, 0.1) is 25.8 Å². The lowest BCUT2D eigenvalue weighted by molar-refractivity contribution is -0.122. The van der Waals surface area contributed by atoms with Gasteiger partial charge in [0.2, 0.25) is 11.8 Å². The fourth-order valence-electron chi connectivity index (χ4n) is 3.21. The molecule has 1 atom stereocenters. The van der Waals surface area contributed by atoms with Gasteiger partial charge in [-0.15, -0.1) is 0 Å². The third kappa shape index (κ3) is 4.03. The molecule has 0 spiro atoms. The summed E-state index contributed by atoms with van der Waals surface area (Å²) in [6.07, 6.45) is 0.163. The number of carbonyl (C=O) groups is 2. The smallest absolute Gasteiger partial charge is 0.229 e. The average Bonchev–Trinajstić information content (AvgIpc) is 3.09. The van der Waals surface area contributed by atoms with Gasteiger partial charge < -0.3 is 24.6 Å². The Balaban J connectivity index is 1.71. The highest BCUT2D eigenvalue weighted by Crippen LogP contribution is 2.36. The molecule has 0 bridgehead atoms. The predicted octanol–water partition coefficient (Wildman–Crippen LogP) is 2.76. The second-order valence-electron chi connectivity index (χ2n) is 6.87. The summed E-state index contributed by atoms with van der Waals surface area (Å²) in [6.45, 7) is 0.309. The molecule has 3 rings (SSSR count). The highest BCUT2D eigenvalue weighted by atomic mass is 16.5. The Morgan fingerprint density at radius 3 is 2.43 bits per heavy atom. The molecule has 2 aromatic carbocycles. The lowest BCUT2D eigenvalue weighted by Crippen LogP contribution is -2.28. The number of hydrogen-bond donors (Lipinski definition) is 1. The standard InChI is InChI=1S/C21H25N3O4/c1-23(2)16-7-5-15(6-8-16)22-21(26)14-11-20(25)24(13-14)18-10-9-17(27-3)12-19(18)28-4/h5-10,12,14H,11,13H2,1-4H3,(H,22,26)/t14-/m0/s1. The van der Waals surface area contributed by atoms with Crippen molar-refractivity contribution in [2.45, 2.75) is 6.42 Å². The third-order valence-electron chi connectivity index (χ3n) is 4.82. The van der Waals surface area contributed by atoms with E-state index >= 15 is 0 Å². The van der Waals surface area contributed by atoms with E-state index in [1.807, 2.05) is 43.3 Å². The summed E-state index contributed by atoms with van der Waals surface area (Å²) in [5, 5.41) is 2.90. The number of hydrogen-bond acceptors (Lipinski definition) is 5. The van der Waals surface area contributed by atoms with Gasteiger partial charge in [0.1, 0.15) is 11.5 Å². The van der Waals surface area contributed by atoms with Crippen molar-refractivity contribution in [1.82, 2.24) is 0 Å². The highest BCUT2D eigenvalue weighted by Gasteiger charge is 2.36. The largest absolute Gasteiger partial charge is 0.497 e. The molecule has 148 valence electrons. The number of benzene rings is 2. The highest BCUT2D eigenvalue weighted by molar-refractivity contribution is 6.04. The number of carbonyl (C=O) groups excluding carboxylic acids is 2. The zero-order chi connectivity index (χ0) is 20.3. The fourth-order valence-corrected chi connectivity index (χ4v) is 3.21. The molecule has 0 saturated carbocycles. The molecule has 1 aliphatic rings. The number of rotatable bonds is 6.